The summed E-state index contributed by atoms with van der Waals surface area (Å²) >= 11 is 0. The van der Waals surface area contributed by atoms with E-state index < -0.39 is 5.54 Å². The molecule has 9 heteroatoms. The highest BCUT2D eigenvalue weighted by molar-refractivity contribution is 5.89. The Balaban J connectivity index is 1.53. The minimum atomic E-state index is -0.498. The van der Waals surface area contributed by atoms with E-state index in [-0.39, 0.29) is 30.2 Å². The molecule has 0 saturated carbocycles. The Morgan fingerprint density at radius 2 is 2.07 bits per heavy atom. The van der Waals surface area contributed by atoms with Gasteiger partial charge >= 0.3 is 0 Å². The number of imidazole rings is 1. The van der Waals surface area contributed by atoms with E-state index in [2.05, 4.69) is 9.97 Å². The number of piperidine rings is 1. The molecule has 2 saturated heterocycles. The summed E-state index contributed by atoms with van der Waals surface area (Å²) in [5.41, 5.74) is 1.50. The molecule has 1 aromatic heterocycles. The molecular weight excluding hydrogens is 362 g/mol. The average molecular weight is 389 g/mol. The van der Waals surface area contributed by atoms with Crippen LogP contribution in [0.15, 0.2) is 6.33 Å². The van der Waals surface area contributed by atoms with Crippen LogP contribution in [0, 0.1) is 5.92 Å². The molecule has 9 nitrogen and oxygen atoms in total. The van der Waals surface area contributed by atoms with Crippen LogP contribution in [-0.2, 0) is 31.1 Å². The van der Waals surface area contributed by atoms with Crippen LogP contribution < -0.4 is 0 Å². The van der Waals surface area contributed by atoms with Crippen LogP contribution in [0.25, 0.3) is 0 Å². The van der Waals surface area contributed by atoms with Crippen molar-refractivity contribution in [3.05, 3.63) is 17.7 Å². The molecule has 1 N–H and O–H groups in total. The van der Waals surface area contributed by atoms with Crippen molar-refractivity contribution in [3.8, 4) is 0 Å². The summed E-state index contributed by atoms with van der Waals surface area (Å²) in [4.78, 5) is 50.6. The fraction of sp³-hybridized carbons (Fsp3) is 0.684. The van der Waals surface area contributed by atoms with E-state index in [4.69, 9.17) is 4.74 Å². The van der Waals surface area contributed by atoms with Gasteiger partial charge in [-0.3, -0.25) is 14.4 Å². The van der Waals surface area contributed by atoms with E-state index in [0.717, 1.165) is 17.8 Å². The molecule has 4 heterocycles. The molecule has 152 valence electrons. The molecule has 3 aliphatic heterocycles. The third-order valence-corrected chi connectivity index (χ3v) is 6.42. The number of hydrogen-bond acceptors (Lipinski definition) is 5. The highest BCUT2D eigenvalue weighted by Crippen LogP contribution is 2.42. The van der Waals surface area contributed by atoms with Gasteiger partial charge in [-0.25, -0.2) is 4.98 Å². The second-order valence-corrected chi connectivity index (χ2v) is 7.99. The van der Waals surface area contributed by atoms with Crippen molar-refractivity contribution in [1.29, 1.82) is 0 Å². The Labute approximate surface area is 164 Å². The lowest BCUT2D eigenvalue weighted by atomic mass is 9.78. The van der Waals surface area contributed by atoms with E-state index in [0.29, 0.717) is 45.4 Å². The third kappa shape index (κ3) is 2.97. The Bertz CT molecular complexity index is 783. The van der Waals surface area contributed by atoms with Gasteiger partial charge in [0.15, 0.2) is 0 Å². The molecule has 1 atom stereocenters. The number of hydrogen-bond donors (Lipinski definition) is 1. The van der Waals surface area contributed by atoms with Crippen molar-refractivity contribution in [1.82, 2.24) is 24.7 Å². The lowest BCUT2D eigenvalue weighted by Gasteiger charge is -2.50. The summed E-state index contributed by atoms with van der Waals surface area (Å²) < 4.78 is 5.09. The summed E-state index contributed by atoms with van der Waals surface area (Å²) in [7, 11) is 3.26. The zero-order valence-corrected chi connectivity index (χ0v) is 16.4. The highest BCUT2D eigenvalue weighted by atomic mass is 16.5. The molecule has 3 amide bonds. The highest BCUT2D eigenvalue weighted by Gasteiger charge is 2.49. The number of aromatic amines is 1. The normalized spacial score (nSPS) is 24.0. The number of rotatable bonds is 3. The van der Waals surface area contributed by atoms with Gasteiger partial charge in [-0.2, -0.15) is 0 Å². The number of carbonyl (C=O) groups excluding carboxylic acids is 3. The Hall–Kier alpha value is -2.42. The number of likely N-dealkylation sites (tertiary alicyclic amines) is 2. The molecular formula is C19H27N5O4. The topological polar surface area (TPSA) is 98.8 Å². The van der Waals surface area contributed by atoms with Crippen LogP contribution in [0.3, 0.4) is 0 Å². The first kappa shape index (κ1) is 18.9. The van der Waals surface area contributed by atoms with Crippen molar-refractivity contribution >= 4 is 17.7 Å². The monoisotopic (exact) mass is 389 g/mol. The van der Waals surface area contributed by atoms with Gasteiger partial charge in [0.05, 0.1) is 23.5 Å². The Kier molecular flexibility index (Phi) is 4.86. The number of fused-ring (bicyclic) bond motifs is 2. The third-order valence-electron chi connectivity index (χ3n) is 6.42. The second kappa shape index (κ2) is 7.20. The minimum absolute atomic E-state index is 0.0246. The molecule has 28 heavy (non-hydrogen) atoms. The number of nitrogens with zero attached hydrogens (tertiary/aromatic N) is 4. The van der Waals surface area contributed by atoms with Crippen molar-refractivity contribution < 1.29 is 19.1 Å². The van der Waals surface area contributed by atoms with Gasteiger partial charge in [-0.1, -0.05) is 0 Å². The zero-order valence-electron chi connectivity index (χ0n) is 16.4. The molecule has 0 radical (unpaired) electrons. The standard InChI is InChI=1S/C19H27N5O4/c1-22-10-13(9-15(22)25)18(27)23-7-4-19(5-8-23)17-14(20-12-21-17)3-6-24(19)16(26)11-28-2/h12-13H,3-11H2,1-2H3,(H,20,21)/t13-/m1/s1. The molecule has 0 bridgehead atoms. The van der Waals surface area contributed by atoms with Gasteiger partial charge in [0.25, 0.3) is 0 Å². The number of amides is 3. The van der Waals surface area contributed by atoms with Crippen molar-refractivity contribution in [3.63, 3.8) is 0 Å². The molecule has 0 aromatic carbocycles. The number of carbonyl (C=O) groups is 3. The number of methoxy groups -OCH3 is 1. The maximum absolute atomic E-state index is 12.9. The quantitative estimate of drug-likeness (QED) is 0.768. The predicted octanol–water partition coefficient (Wildman–Crippen LogP) is -0.263. The zero-order chi connectivity index (χ0) is 19.9. The number of H-pyrrole nitrogens is 1. The molecule has 3 aliphatic rings. The first-order valence-corrected chi connectivity index (χ1v) is 9.81. The first-order chi connectivity index (χ1) is 13.5. The van der Waals surface area contributed by atoms with Crippen LogP contribution in [0.5, 0.6) is 0 Å². The number of aromatic nitrogens is 2. The van der Waals surface area contributed by atoms with Gasteiger partial charge in [-0.15, -0.1) is 0 Å². The molecule has 4 rings (SSSR count). The lowest BCUT2D eigenvalue weighted by molar-refractivity contribution is -0.148. The number of nitrogens with one attached hydrogen (secondary N) is 1. The van der Waals surface area contributed by atoms with Crippen LogP contribution >= 0.6 is 0 Å². The summed E-state index contributed by atoms with van der Waals surface area (Å²) in [6.45, 7) is 2.25. The molecule has 2 fully saturated rings. The summed E-state index contributed by atoms with van der Waals surface area (Å²) in [5.74, 6) is -0.235. The van der Waals surface area contributed by atoms with Gasteiger partial charge in [0, 0.05) is 58.9 Å². The molecule has 1 spiro atoms. The Morgan fingerprint density at radius 1 is 1.32 bits per heavy atom. The fourth-order valence-corrected chi connectivity index (χ4v) is 4.93. The number of ether oxygens (including phenoxy) is 1. The SMILES string of the molecule is COCC(=O)N1CCc2[nH]cnc2C12CCN(C(=O)[C@@H]1CC(=O)N(C)C1)CC2. The van der Waals surface area contributed by atoms with E-state index >= 15 is 0 Å². The van der Waals surface area contributed by atoms with E-state index in [1.54, 1.807) is 18.3 Å². The summed E-state index contributed by atoms with van der Waals surface area (Å²) in [6.07, 6.45) is 4.00. The van der Waals surface area contributed by atoms with Crippen molar-refractivity contribution in [2.24, 2.45) is 5.92 Å². The molecule has 0 aliphatic carbocycles. The maximum Gasteiger partial charge on any atom is 0.249 e. The van der Waals surface area contributed by atoms with E-state index in [9.17, 15) is 14.4 Å². The van der Waals surface area contributed by atoms with Crippen LogP contribution in [0.4, 0.5) is 0 Å². The molecule has 1 aromatic rings. The van der Waals surface area contributed by atoms with Crippen LogP contribution in [0.1, 0.15) is 30.7 Å². The van der Waals surface area contributed by atoms with Crippen LogP contribution in [0.2, 0.25) is 0 Å². The summed E-state index contributed by atoms with van der Waals surface area (Å²) in [6, 6.07) is 0. The predicted molar refractivity (Wildman–Crippen MR) is 99.1 cm³/mol. The molecule has 0 unspecified atom stereocenters. The van der Waals surface area contributed by atoms with E-state index in [1.807, 2.05) is 9.80 Å². The maximum atomic E-state index is 12.9. The smallest absolute Gasteiger partial charge is 0.249 e. The van der Waals surface area contributed by atoms with Crippen molar-refractivity contribution in [2.45, 2.75) is 31.2 Å². The average Bonchev–Trinajstić information content (AvgIpc) is 3.30. The van der Waals surface area contributed by atoms with Gasteiger partial charge in [-0.05, 0) is 12.8 Å². The van der Waals surface area contributed by atoms with Gasteiger partial charge in [0.1, 0.15) is 6.61 Å². The first-order valence-electron chi connectivity index (χ1n) is 9.81. The van der Waals surface area contributed by atoms with Crippen molar-refractivity contribution in [2.75, 3.05) is 46.9 Å². The largest absolute Gasteiger partial charge is 0.375 e. The fourth-order valence-electron chi connectivity index (χ4n) is 4.93. The van der Waals surface area contributed by atoms with E-state index in [1.165, 1.54) is 7.11 Å². The Morgan fingerprint density at radius 3 is 2.71 bits per heavy atom. The lowest BCUT2D eigenvalue weighted by Crippen LogP contribution is -2.60. The minimum Gasteiger partial charge on any atom is -0.375 e. The summed E-state index contributed by atoms with van der Waals surface area (Å²) in [5, 5.41) is 0. The van der Waals surface area contributed by atoms with Gasteiger partial charge < -0.3 is 24.4 Å². The van der Waals surface area contributed by atoms with Gasteiger partial charge in [0.2, 0.25) is 17.7 Å². The second-order valence-electron chi connectivity index (χ2n) is 7.99. The van der Waals surface area contributed by atoms with Crippen LogP contribution in [-0.4, -0.2) is 89.3 Å².